The average Bonchev–Trinajstić information content (AvgIpc) is 2.61. The summed E-state index contributed by atoms with van der Waals surface area (Å²) in [5.41, 5.74) is 0.853. The van der Waals surface area contributed by atoms with Crippen LogP contribution in [-0.4, -0.2) is 17.7 Å². The molecule has 0 radical (unpaired) electrons. The van der Waals surface area contributed by atoms with Gasteiger partial charge in [-0.15, -0.1) is 0 Å². The molecule has 1 aliphatic heterocycles. The smallest absolute Gasteiger partial charge is 0.0811 e. The zero-order valence-electron chi connectivity index (χ0n) is 14.2. The lowest BCUT2D eigenvalue weighted by Crippen LogP contribution is -2.35. The Kier molecular flexibility index (Phi) is 5.31. The first-order valence-electron chi connectivity index (χ1n) is 8.95. The number of hydrogen-bond acceptors (Lipinski definition) is 2. The summed E-state index contributed by atoms with van der Waals surface area (Å²) in [6.07, 6.45) is 3.58. The third kappa shape index (κ3) is 3.54. The summed E-state index contributed by atoms with van der Waals surface area (Å²) in [6, 6.07) is 11.7. The summed E-state index contributed by atoms with van der Waals surface area (Å²) >= 11 is 19.0. The molecular weight excluding hydrogens is 389 g/mol. The van der Waals surface area contributed by atoms with E-state index in [1.54, 1.807) is 6.07 Å². The van der Waals surface area contributed by atoms with Crippen LogP contribution in [0.3, 0.4) is 0 Å². The van der Waals surface area contributed by atoms with Gasteiger partial charge in [-0.05, 0) is 77.9 Å². The average molecular weight is 409 g/mol. The fourth-order valence-electron chi connectivity index (χ4n) is 4.00. The number of aliphatic hydroxyl groups excluding tert-OH is 1. The maximum Gasteiger partial charge on any atom is 0.0811 e. The first kappa shape index (κ1) is 18.3. The van der Waals surface area contributed by atoms with Crippen molar-refractivity contribution in [1.29, 1.82) is 0 Å². The molecule has 1 fully saturated rings. The highest BCUT2D eigenvalue weighted by atomic mass is 35.5. The van der Waals surface area contributed by atoms with E-state index in [1.807, 2.05) is 30.3 Å². The maximum absolute atomic E-state index is 11.0. The van der Waals surface area contributed by atoms with E-state index in [9.17, 15) is 5.11 Å². The van der Waals surface area contributed by atoms with Gasteiger partial charge in [0.25, 0.3) is 0 Å². The molecule has 3 aromatic rings. The monoisotopic (exact) mass is 407 g/mol. The molecule has 0 aromatic heterocycles. The van der Waals surface area contributed by atoms with Crippen LogP contribution in [0.15, 0.2) is 36.4 Å². The summed E-state index contributed by atoms with van der Waals surface area (Å²) in [5.74, 6) is 0. The van der Waals surface area contributed by atoms with Crippen LogP contribution in [0.1, 0.15) is 37.4 Å². The van der Waals surface area contributed by atoms with Crippen LogP contribution < -0.4 is 5.32 Å². The molecule has 136 valence electrons. The number of piperidine rings is 1. The lowest BCUT2D eigenvalue weighted by molar-refractivity contribution is 0.146. The van der Waals surface area contributed by atoms with E-state index in [0.717, 1.165) is 40.1 Å². The van der Waals surface area contributed by atoms with Crippen molar-refractivity contribution in [3.8, 4) is 0 Å². The van der Waals surface area contributed by atoms with Crippen LogP contribution in [0.25, 0.3) is 21.5 Å². The van der Waals surface area contributed by atoms with Crippen LogP contribution in [-0.2, 0) is 0 Å². The normalized spacial score (nSPS) is 19.2. The number of nitrogens with one attached hydrogen (secondary N) is 1. The van der Waals surface area contributed by atoms with E-state index in [-0.39, 0.29) is 0 Å². The minimum Gasteiger partial charge on any atom is -0.388 e. The molecule has 2 nitrogen and oxygen atoms in total. The lowest BCUT2D eigenvalue weighted by Gasteiger charge is -2.26. The largest absolute Gasteiger partial charge is 0.388 e. The molecule has 4 rings (SSSR count). The third-order valence-electron chi connectivity index (χ3n) is 5.24. The Labute approximate surface area is 168 Å². The van der Waals surface area contributed by atoms with Gasteiger partial charge in [0.2, 0.25) is 0 Å². The number of hydrogen-bond donors (Lipinski definition) is 2. The van der Waals surface area contributed by atoms with Gasteiger partial charge >= 0.3 is 0 Å². The molecule has 0 bridgehead atoms. The second kappa shape index (κ2) is 7.53. The first-order chi connectivity index (χ1) is 12.5. The van der Waals surface area contributed by atoms with Gasteiger partial charge in [0.1, 0.15) is 0 Å². The van der Waals surface area contributed by atoms with Gasteiger partial charge in [0.15, 0.2) is 0 Å². The van der Waals surface area contributed by atoms with Gasteiger partial charge in [0, 0.05) is 21.5 Å². The Bertz CT molecular complexity index is 967. The van der Waals surface area contributed by atoms with E-state index in [2.05, 4.69) is 5.32 Å². The topological polar surface area (TPSA) is 32.3 Å². The Hall–Kier alpha value is -1.03. The Balaban J connectivity index is 1.88. The lowest BCUT2D eigenvalue weighted by atomic mass is 9.90. The zero-order chi connectivity index (χ0) is 18.3. The third-order valence-corrected chi connectivity index (χ3v) is 5.99. The summed E-state index contributed by atoms with van der Waals surface area (Å²) in [6.45, 7) is 1.02. The van der Waals surface area contributed by atoms with Gasteiger partial charge in [-0.25, -0.2) is 0 Å². The van der Waals surface area contributed by atoms with Crippen molar-refractivity contribution >= 4 is 56.3 Å². The molecule has 1 aliphatic rings. The van der Waals surface area contributed by atoms with E-state index in [0.29, 0.717) is 27.5 Å². The predicted octanol–water partition coefficient (Wildman–Crippen LogP) is 6.52. The van der Waals surface area contributed by atoms with Crippen molar-refractivity contribution in [2.24, 2.45) is 0 Å². The van der Waals surface area contributed by atoms with E-state index >= 15 is 0 Å². The molecule has 2 atom stereocenters. The van der Waals surface area contributed by atoms with Crippen molar-refractivity contribution in [2.75, 3.05) is 6.54 Å². The molecule has 0 saturated carbocycles. The van der Waals surface area contributed by atoms with Crippen molar-refractivity contribution < 1.29 is 5.11 Å². The molecule has 2 N–H and O–H groups in total. The van der Waals surface area contributed by atoms with Crippen molar-refractivity contribution in [1.82, 2.24) is 5.32 Å². The molecule has 1 heterocycles. The standard InChI is InChI=1S/C21H20Cl3NO/c22-13-4-5-16-12(7-13)8-17(18-9-14(23)10-19(24)21(16)18)20(26)11-15-3-1-2-6-25-15/h4-5,7-10,15,20,25-26H,1-3,6,11H2. The summed E-state index contributed by atoms with van der Waals surface area (Å²) < 4.78 is 0. The van der Waals surface area contributed by atoms with Crippen LogP contribution >= 0.6 is 34.8 Å². The Morgan fingerprint density at radius 2 is 1.85 bits per heavy atom. The van der Waals surface area contributed by atoms with Crippen molar-refractivity contribution in [2.45, 2.75) is 37.8 Å². The minimum absolute atomic E-state index is 0.332. The fourth-order valence-corrected chi connectivity index (χ4v) is 4.77. The highest BCUT2D eigenvalue weighted by Crippen LogP contribution is 2.40. The van der Waals surface area contributed by atoms with Crippen LogP contribution in [0, 0.1) is 0 Å². The SMILES string of the molecule is OC(CC1CCCCN1)c1cc2cc(Cl)ccc2c2c(Cl)cc(Cl)cc12. The van der Waals surface area contributed by atoms with E-state index < -0.39 is 6.10 Å². The fraction of sp³-hybridized carbons (Fsp3) is 0.333. The second-order valence-electron chi connectivity index (χ2n) is 7.04. The van der Waals surface area contributed by atoms with Crippen molar-refractivity contribution in [3.05, 3.63) is 57.0 Å². The second-order valence-corrected chi connectivity index (χ2v) is 8.32. The number of halogens is 3. The van der Waals surface area contributed by atoms with Crippen molar-refractivity contribution in [3.63, 3.8) is 0 Å². The molecule has 0 spiro atoms. The summed E-state index contributed by atoms with van der Waals surface area (Å²) in [4.78, 5) is 0. The molecule has 5 heteroatoms. The van der Waals surface area contributed by atoms with Gasteiger partial charge in [-0.2, -0.15) is 0 Å². The number of benzene rings is 3. The predicted molar refractivity (Wildman–Crippen MR) is 112 cm³/mol. The van der Waals surface area contributed by atoms with Crippen LogP contribution in [0.2, 0.25) is 15.1 Å². The first-order valence-corrected chi connectivity index (χ1v) is 10.1. The zero-order valence-corrected chi connectivity index (χ0v) is 16.5. The molecular formula is C21H20Cl3NO. The van der Waals surface area contributed by atoms with Crippen LogP contribution in [0.5, 0.6) is 0 Å². The molecule has 0 aliphatic carbocycles. The summed E-state index contributed by atoms with van der Waals surface area (Å²) in [5, 5.41) is 20.1. The quantitative estimate of drug-likeness (QED) is 0.484. The highest BCUT2D eigenvalue weighted by Gasteiger charge is 2.21. The maximum atomic E-state index is 11.0. The molecule has 3 aromatic carbocycles. The number of fused-ring (bicyclic) bond motifs is 3. The minimum atomic E-state index is -0.592. The molecule has 0 amide bonds. The molecule has 1 saturated heterocycles. The summed E-state index contributed by atoms with van der Waals surface area (Å²) in [7, 11) is 0. The van der Waals surface area contributed by atoms with Gasteiger partial charge in [-0.1, -0.05) is 47.3 Å². The highest BCUT2D eigenvalue weighted by molar-refractivity contribution is 6.41. The number of aliphatic hydroxyl groups is 1. The van der Waals surface area contributed by atoms with Gasteiger partial charge < -0.3 is 10.4 Å². The van der Waals surface area contributed by atoms with E-state index in [4.69, 9.17) is 34.8 Å². The number of rotatable bonds is 3. The molecule has 2 unspecified atom stereocenters. The molecule has 26 heavy (non-hydrogen) atoms. The van der Waals surface area contributed by atoms with E-state index in [1.165, 1.54) is 12.8 Å². The Morgan fingerprint density at radius 3 is 2.62 bits per heavy atom. The Morgan fingerprint density at radius 1 is 1.00 bits per heavy atom. The van der Waals surface area contributed by atoms with Gasteiger partial charge in [-0.3, -0.25) is 0 Å². The van der Waals surface area contributed by atoms with Gasteiger partial charge in [0.05, 0.1) is 11.1 Å². The van der Waals surface area contributed by atoms with Crippen LogP contribution in [0.4, 0.5) is 0 Å².